The fraction of sp³-hybridized carbons (Fsp3) is 0.189. The van der Waals surface area contributed by atoms with Gasteiger partial charge in [-0.05, 0) is 95.6 Å². The maximum atomic E-state index is 13.6. The summed E-state index contributed by atoms with van der Waals surface area (Å²) in [5.41, 5.74) is 4.83. The van der Waals surface area contributed by atoms with E-state index in [-0.39, 0.29) is 5.56 Å². The second-order valence-corrected chi connectivity index (χ2v) is 12.5. The van der Waals surface area contributed by atoms with Gasteiger partial charge in [-0.1, -0.05) is 47.5 Å². The van der Waals surface area contributed by atoms with Gasteiger partial charge in [0.2, 0.25) is 0 Å². The standard InChI is InChI=1S/C37H31Cl2N5O2/c1-43-23-40-21-34(43)37(28-11-15-35(39)41-20-28,42-19-24-8-12-30(46-2)13-9-24)27-10-14-33-32(17-27)31(26-4-3-5-29(38)16-26)18-36(45)44(33)22-25-6-7-25/h3-5,8-21,23,25H,6-7,22H2,1-2H3/b42-19-. The highest BCUT2D eigenvalue weighted by molar-refractivity contribution is 6.31. The van der Waals surface area contributed by atoms with Gasteiger partial charge >= 0.3 is 0 Å². The molecular weight excluding hydrogens is 617 g/mol. The van der Waals surface area contributed by atoms with Gasteiger partial charge in [-0.2, -0.15) is 0 Å². The summed E-state index contributed by atoms with van der Waals surface area (Å²) in [5.74, 6) is 1.28. The maximum absolute atomic E-state index is 13.6. The first kappa shape index (κ1) is 30.0. The van der Waals surface area contributed by atoms with Crippen molar-refractivity contribution in [3.63, 3.8) is 0 Å². The van der Waals surface area contributed by atoms with Crippen LogP contribution in [0.2, 0.25) is 10.2 Å². The Morgan fingerprint density at radius 3 is 2.46 bits per heavy atom. The summed E-state index contributed by atoms with van der Waals surface area (Å²) >= 11 is 12.8. The Hall–Kier alpha value is -4.72. The van der Waals surface area contributed by atoms with Crippen LogP contribution in [0.1, 0.15) is 35.2 Å². The van der Waals surface area contributed by atoms with E-state index in [1.54, 1.807) is 31.8 Å². The summed E-state index contributed by atoms with van der Waals surface area (Å²) in [6, 6.07) is 27.0. The number of aromatic nitrogens is 4. The molecule has 1 atom stereocenters. The zero-order chi connectivity index (χ0) is 31.8. The molecule has 7 rings (SSSR count). The topological polar surface area (TPSA) is 74.3 Å². The van der Waals surface area contributed by atoms with Crippen LogP contribution < -0.4 is 10.3 Å². The monoisotopic (exact) mass is 647 g/mol. The molecule has 3 heterocycles. The van der Waals surface area contributed by atoms with Crippen LogP contribution in [0.15, 0.2) is 113 Å². The molecule has 0 radical (unpaired) electrons. The van der Waals surface area contributed by atoms with Crippen molar-refractivity contribution in [3.8, 4) is 16.9 Å². The minimum Gasteiger partial charge on any atom is -0.497 e. The molecule has 230 valence electrons. The fourth-order valence-corrected chi connectivity index (χ4v) is 6.39. The SMILES string of the molecule is COc1ccc(/C=N\C(c2ccc(Cl)nc2)(c2ccc3c(c2)c(-c2cccc(Cl)c2)cc(=O)n3CC2CC2)c2cncn2C)cc1. The molecule has 3 aromatic heterocycles. The molecule has 1 aliphatic carbocycles. The van der Waals surface area contributed by atoms with Crippen molar-refractivity contribution < 1.29 is 4.74 Å². The third-order valence-electron chi connectivity index (χ3n) is 8.66. The minimum atomic E-state index is -1.08. The number of imidazole rings is 1. The number of aryl methyl sites for hydroxylation is 1. The molecule has 0 aliphatic heterocycles. The predicted molar refractivity (Wildman–Crippen MR) is 184 cm³/mol. The van der Waals surface area contributed by atoms with Crippen molar-refractivity contribution in [3.05, 3.63) is 147 Å². The van der Waals surface area contributed by atoms with Crippen LogP contribution in [0.5, 0.6) is 5.75 Å². The lowest BCUT2D eigenvalue weighted by atomic mass is 9.80. The van der Waals surface area contributed by atoms with E-state index < -0.39 is 5.54 Å². The third-order valence-corrected chi connectivity index (χ3v) is 9.12. The molecule has 46 heavy (non-hydrogen) atoms. The zero-order valence-corrected chi connectivity index (χ0v) is 26.9. The second kappa shape index (κ2) is 12.2. The molecule has 1 saturated carbocycles. The van der Waals surface area contributed by atoms with Gasteiger partial charge in [0.15, 0.2) is 5.54 Å². The Kier molecular flexibility index (Phi) is 7.97. The summed E-state index contributed by atoms with van der Waals surface area (Å²) in [6.45, 7) is 0.689. The molecule has 0 bridgehead atoms. The minimum absolute atomic E-state index is 0.0283. The Morgan fingerprint density at radius 1 is 0.978 bits per heavy atom. The van der Waals surface area contributed by atoms with Crippen LogP contribution in [-0.4, -0.2) is 32.4 Å². The molecule has 0 spiro atoms. The van der Waals surface area contributed by atoms with E-state index in [4.69, 9.17) is 32.9 Å². The van der Waals surface area contributed by atoms with E-state index in [1.807, 2.05) is 89.3 Å². The van der Waals surface area contributed by atoms with E-state index in [9.17, 15) is 4.79 Å². The van der Waals surface area contributed by atoms with E-state index in [0.717, 1.165) is 63.0 Å². The highest BCUT2D eigenvalue weighted by Gasteiger charge is 2.39. The molecule has 1 aliphatic rings. The van der Waals surface area contributed by atoms with Crippen LogP contribution in [0, 0.1) is 5.92 Å². The molecule has 9 heteroatoms. The number of ether oxygens (including phenoxy) is 1. The van der Waals surface area contributed by atoms with Gasteiger partial charge in [0.05, 0.1) is 30.8 Å². The van der Waals surface area contributed by atoms with Crippen LogP contribution in [0.4, 0.5) is 0 Å². The van der Waals surface area contributed by atoms with Gasteiger partial charge in [0, 0.05) is 48.0 Å². The molecular formula is C37H31Cl2N5O2. The molecule has 6 aromatic rings. The highest BCUT2D eigenvalue weighted by atomic mass is 35.5. The number of methoxy groups -OCH3 is 1. The average molecular weight is 649 g/mol. The van der Waals surface area contributed by atoms with Gasteiger partial charge < -0.3 is 13.9 Å². The molecule has 0 N–H and O–H groups in total. The van der Waals surface area contributed by atoms with Crippen LogP contribution in [-0.2, 0) is 19.1 Å². The smallest absolute Gasteiger partial charge is 0.251 e. The van der Waals surface area contributed by atoms with Gasteiger partial charge in [-0.15, -0.1) is 0 Å². The number of fused-ring (bicyclic) bond motifs is 1. The first-order valence-corrected chi connectivity index (χ1v) is 15.8. The Labute approximate surface area is 276 Å². The summed E-state index contributed by atoms with van der Waals surface area (Å²) in [4.78, 5) is 28.0. The highest BCUT2D eigenvalue weighted by Crippen LogP contribution is 2.43. The predicted octanol–water partition coefficient (Wildman–Crippen LogP) is 7.93. The Morgan fingerprint density at radius 2 is 1.78 bits per heavy atom. The second-order valence-electron chi connectivity index (χ2n) is 11.7. The summed E-state index contributed by atoms with van der Waals surface area (Å²) in [7, 11) is 3.60. The lowest BCUT2D eigenvalue weighted by molar-refractivity contribution is 0.415. The van der Waals surface area contributed by atoms with E-state index in [2.05, 4.69) is 22.1 Å². The van der Waals surface area contributed by atoms with Crippen molar-refractivity contribution in [1.29, 1.82) is 0 Å². The summed E-state index contributed by atoms with van der Waals surface area (Å²) < 4.78 is 9.24. The van der Waals surface area contributed by atoms with Crippen LogP contribution in [0.3, 0.4) is 0 Å². The first-order chi connectivity index (χ1) is 22.4. The Balaban J connectivity index is 1.54. The van der Waals surface area contributed by atoms with Crippen LogP contribution >= 0.6 is 23.2 Å². The molecule has 7 nitrogen and oxygen atoms in total. The number of hydrogen-bond acceptors (Lipinski definition) is 5. The van der Waals surface area contributed by atoms with Gasteiger partial charge in [-0.3, -0.25) is 9.79 Å². The van der Waals surface area contributed by atoms with Gasteiger partial charge in [-0.25, -0.2) is 9.97 Å². The summed E-state index contributed by atoms with van der Waals surface area (Å²) in [5, 5.41) is 1.91. The number of rotatable bonds is 9. The summed E-state index contributed by atoms with van der Waals surface area (Å²) in [6.07, 6.45) is 9.48. The quantitative estimate of drug-likeness (QED) is 0.118. The Bertz CT molecular complexity index is 2130. The van der Waals surface area contributed by atoms with Gasteiger partial charge in [0.1, 0.15) is 10.9 Å². The number of aliphatic imine (C=N–C) groups is 1. The third kappa shape index (κ3) is 5.61. The average Bonchev–Trinajstić information content (AvgIpc) is 3.80. The van der Waals surface area contributed by atoms with Crippen molar-refractivity contribution in [1.82, 2.24) is 19.1 Å². The number of halogens is 2. The largest absolute Gasteiger partial charge is 0.497 e. The van der Waals surface area contributed by atoms with E-state index in [0.29, 0.717) is 22.6 Å². The van der Waals surface area contributed by atoms with Crippen molar-refractivity contribution in [2.45, 2.75) is 24.9 Å². The van der Waals surface area contributed by atoms with Crippen molar-refractivity contribution >= 4 is 40.3 Å². The lowest BCUT2D eigenvalue weighted by Crippen LogP contribution is -2.30. The first-order valence-electron chi connectivity index (χ1n) is 15.1. The molecule has 0 saturated heterocycles. The van der Waals surface area contributed by atoms with Crippen LogP contribution in [0.25, 0.3) is 22.0 Å². The van der Waals surface area contributed by atoms with Crippen molar-refractivity contribution in [2.24, 2.45) is 18.0 Å². The number of benzene rings is 3. The fourth-order valence-electron chi connectivity index (χ4n) is 6.09. The van der Waals surface area contributed by atoms with E-state index in [1.165, 1.54) is 0 Å². The number of pyridine rings is 2. The zero-order valence-electron chi connectivity index (χ0n) is 25.4. The van der Waals surface area contributed by atoms with Crippen molar-refractivity contribution in [2.75, 3.05) is 7.11 Å². The molecule has 1 unspecified atom stereocenters. The number of nitrogens with zero attached hydrogens (tertiary/aromatic N) is 5. The number of hydrogen-bond donors (Lipinski definition) is 0. The van der Waals surface area contributed by atoms with E-state index >= 15 is 0 Å². The van der Waals surface area contributed by atoms with Gasteiger partial charge in [0.25, 0.3) is 5.56 Å². The lowest BCUT2D eigenvalue weighted by Gasteiger charge is -2.32. The molecule has 1 fully saturated rings. The molecule has 3 aromatic carbocycles. The normalized spacial score (nSPS) is 14.5. The maximum Gasteiger partial charge on any atom is 0.251 e. The molecule has 0 amide bonds.